The molecule has 0 aliphatic carbocycles. The van der Waals surface area contributed by atoms with Gasteiger partial charge in [0.25, 0.3) is 5.91 Å². The Balaban J connectivity index is 1.36. The Bertz CT molecular complexity index is 1190. The Morgan fingerprint density at radius 2 is 1.87 bits per heavy atom. The van der Waals surface area contributed by atoms with Crippen molar-refractivity contribution >= 4 is 23.4 Å². The van der Waals surface area contributed by atoms with Crippen molar-refractivity contribution in [3.63, 3.8) is 0 Å². The van der Waals surface area contributed by atoms with Gasteiger partial charge in [-0.1, -0.05) is 24.3 Å². The summed E-state index contributed by atoms with van der Waals surface area (Å²) in [5, 5.41) is 16.2. The van der Waals surface area contributed by atoms with Crippen molar-refractivity contribution in [3.8, 4) is 5.75 Å². The summed E-state index contributed by atoms with van der Waals surface area (Å²) in [7, 11) is 0. The molecular formula is C29H36N4O6. The van der Waals surface area contributed by atoms with Gasteiger partial charge >= 0.3 is 0 Å². The van der Waals surface area contributed by atoms with Crippen molar-refractivity contribution in [2.75, 3.05) is 38.1 Å². The van der Waals surface area contributed by atoms with Gasteiger partial charge in [0.2, 0.25) is 11.8 Å². The van der Waals surface area contributed by atoms with Gasteiger partial charge in [-0.2, -0.15) is 0 Å². The summed E-state index contributed by atoms with van der Waals surface area (Å²) < 4.78 is 12.1. The highest BCUT2D eigenvalue weighted by molar-refractivity contribution is 6.00. The minimum Gasteiger partial charge on any atom is -0.493 e. The molecule has 2 aromatic carbocycles. The van der Waals surface area contributed by atoms with Crippen LogP contribution in [0.2, 0.25) is 0 Å². The van der Waals surface area contributed by atoms with Crippen molar-refractivity contribution in [2.24, 2.45) is 0 Å². The minimum atomic E-state index is -0.725. The summed E-state index contributed by atoms with van der Waals surface area (Å²) >= 11 is 0. The van der Waals surface area contributed by atoms with Crippen LogP contribution >= 0.6 is 0 Å². The summed E-state index contributed by atoms with van der Waals surface area (Å²) in [6.07, 6.45) is 0.704. The summed E-state index contributed by atoms with van der Waals surface area (Å²) in [6.45, 7) is 3.95. The maximum absolute atomic E-state index is 13.8. The van der Waals surface area contributed by atoms with E-state index >= 15 is 0 Å². The summed E-state index contributed by atoms with van der Waals surface area (Å²) in [4.78, 5) is 42.4. The Hall–Kier alpha value is -3.47. The third-order valence-electron chi connectivity index (χ3n) is 7.58. The van der Waals surface area contributed by atoms with Gasteiger partial charge in [-0.3, -0.25) is 19.3 Å². The van der Waals surface area contributed by atoms with Crippen molar-refractivity contribution in [2.45, 2.75) is 57.1 Å². The van der Waals surface area contributed by atoms with Crippen LogP contribution in [-0.4, -0.2) is 89.8 Å². The molecule has 39 heavy (non-hydrogen) atoms. The fraction of sp³-hybridized carbons (Fsp3) is 0.483. The highest BCUT2D eigenvalue weighted by Gasteiger charge is 2.38. The van der Waals surface area contributed by atoms with Gasteiger partial charge < -0.3 is 30.1 Å². The van der Waals surface area contributed by atoms with E-state index in [0.29, 0.717) is 63.4 Å². The van der Waals surface area contributed by atoms with Gasteiger partial charge in [-0.05, 0) is 42.7 Å². The van der Waals surface area contributed by atoms with Crippen molar-refractivity contribution in [1.82, 2.24) is 15.1 Å². The van der Waals surface area contributed by atoms with E-state index in [1.54, 1.807) is 23.1 Å². The van der Waals surface area contributed by atoms with E-state index in [1.165, 1.54) is 6.92 Å². The van der Waals surface area contributed by atoms with E-state index in [9.17, 15) is 19.5 Å². The SMILES string of the molecule is CC(=O)Nc1ccc(CN2CCN3C(=O)c4ccccc4OCC[C@@H]4CC[C@H](O)[C@@H](CNC(=O)[C@@H]3C2)O4)cc1. The first-order chi connectivity index (χ1) is 18.9. The molecule has 3 amide bonds. The van der Waals surface area contributed by atoms with Crippen molar-refractivity contribution in [3.05, 3.63) is 59.7 Å². The number of para-hydroxylation sites is 1. The number of hydrogen-bond donors (Lipinski definition) is 3. The molecule has 2 fully saturated rings. The lowest BCUT2D eigenvalue weighted by Gasteiger charge is -2.41. The number of carbonyl (C=O) groups excluding carboxylic acids is 3. The summed E-state index contributed by atoms with van der Waals surface area (Å²) in [5.74, 6) is -0.147. The molecule has 0 aromatic heterocycles. The molecule has 2 aromatic rings. The standard InChI is InChI=1S/C29H36N4O6/c1-19(34)31-21-8-6-20(7-9-21)17-32-13-14-33-24(18-32)28(36)30-16-27-25(35)11-10-22(39-27)12-15-38-26-5-3-2-4-23(26)29(33)37/h2-9,22,24-25,27,35H,10-18H2,1H3,(H,30,36)(H,31,34)/t22-,24-,25-,27+/m0/s1. The third kappa shape index (κ3) is 6.58. The van der Waals surface area contributed by atoms with E-state index in [2.05, 4.69) is 15.5 Å². The highest BCUT2D eigenvalue weighted by atomic mass is 16.5. The van der Waals surface area contributed by atoms with Crippen LogP contribution in [0, 0.1) is 0 Å². The monoisotopic (exact) mass is 536 g/mol. The fourth-order valence-electron chi connectivity index (χ4n) is 5.49. The first-order valence-electron chi connectivity index (χ1n) is 13.6. The Labute approximate surface area is 228 Å². The van der Waals surface area contributed by atoms with Crippen LogP contribution in [0.1, 0.15) is 42.1 Å². The van der Waals surface area contributed by atoms with E-state index < -0.39 is 18.2 Å². The number of hydrogen-bond acceptors (Lipinski definition) is 7. The second-order valence-corrected chi connectivity index (χ2v) is 10.4. The van der Waals surface area contributed by atoms with Crippen molar-refractivity contribution in [1.29, 1.82) is 0 Å². The average Bonchev–Trinajstić information content (AvgIpc) is 2.93. The van der Waals surface area contributed by atoms with E-state index in [4.69, 9.17) is 9.47 Å². The molecule has 208 valence electrons. The summed E-state index contributed by atoms with van der Waals surface area (Å²) in [6, 6.07) is 14.0. The number of ether oxygens (including phenoxy) is 2. The number of carbonyl (C=O) groups is 3. The molecular weight excluding hydrogens is 500 g/mol. The molecule has 5 rings (SSSR count). The number of amides is 3. The van der Waals surface area contributed by atoms with E-state index in [-0.39, 0.29) is 30.4 Å². The second-order valence-electron chi connectivity index (χ2n) is 10.4. The van der Waals surface area contributed by atoms with Crippen LogP contribution in [0.25, 0.3) is 0 Å². The Morgan fingerprint density at radius 1 is 1.08 bits per heavy atom. The molecule has 3 aliphatic heterocycles. The lowest BCUT2D eigenvalue weighted by molar-refractivity contribution is -0.135. The van der Waals surface area contributed by atoms with Gasteiger partial charge in [0.1, 0.15) is 17.9 Å². The fourth-order valence-corrected chi connectivity index (χ4v) is 5.49. The average molecular weight is 537 g/mol. The summed E-state index contributed by atoms with van der Waals surface area (Å²) in [5.41, 5.74) is 2.20. The zero-order chi connectivity index (χ0) is 27.4. The number of piperazine rings is 1. The molecule has 2 bridgehead atoms. The molecule has 0 radical (unpaired) electrons. The molecule has 2 saturated heterocycles. The molecule has 10 nitrogen and oxygen atoms in total. The smallest absolute Gasteiger partial charge is 0.258 e. The van der Waals surface area contributed by atoms with E-state index in [1.807, 2.05) is 30.3 Å². The zero-order valence-electron chi connectivity index (χ0n) is 22.2. The van der Waals surface area contributed by atoms with Crippen LogP contribution in [0.15, 0.2) is 48.5 Å². The molecule has 3 N–H and O–H groups in total. The number of aliphatic hydroxyl groups is 1. The molecule has 10 heteroatoms. The number of aliphatic hydroxyl groups excluding tert-OH is 1. The van der Waals surface area contributed by atoms with Gasteiger partial charge in [0, 0.05) is 51.8 Å². The predicted octanol–water partition coefficient (Wildman–Crippen LogP) is 1.78. The lowest BCUT2D eigenvalue weighted by Crippen LogP contribution is -2.61. The molecule has 0 saturated carbocycles. The number of anilines is 1. The van der Waals surface area contributed by atoms with Crippen molar-refractivity contribution < 1.29 is 29.0 Å². The maximum Gasteiger partial charge on any atom is 0.258 e. The number of rotatable bonds is 3. The number of nitrogens with one attached hydrogen (secondary N) is 2. The normalized spacial score (nSPS) is 26.4. The quantitative estimate of drug-likeness (QED) is 0.547. The van der Waals surface area contributed by atoms with Gasteiger partial charge in [0.15, 0.2) is 0 Å². The van der Waals surface area contributed by atoms with Gasteiger partial charge in [0.05, 0.1) is 24.4 Å². The Kier molecular flexibility index (Phi) is 8.44. The lowest BCUT2D eigenvalue weighted by atomic mass is 9.99. The number of benzene rings is 2. The van der Waals surface area contributed by atoms with Crippen LogP contribution < -0.4 is 15.4 Å². The minimum absolute atomic E-state index is 0.0835. The first-order valence-corrected chi connectivity index (χ1v) is 13.6. The van der Waals surface area contributed by atoms with Crippen LogP contribution in [0.5, 0.6) is 5.75 Å². The zero-order valence-corrected chi connectivity index (χ0v) is 22.2. The maximum atomic E-state index is 13.8. The number of nitrogens with zero attached hydrogens (tertiary/aromatic N) is 2. The molecule has 0 spiro atoms. The Morgan fingerprint density at radius 3 is 2.67 bits per heavy atom. The van der Waals surface area contributed by atoms with Gasteiger partial charge in [-0.15, -0.1) is 0 Å². The van der Waals surface area contributed by atoms with Crippen LogP contribution in [0.3, 0.4) is 0 Å². The largest absolute Gasteiger partial charge is 0.493 e. The van der Waals surface area contributed by atoms with Gasteiger partial charge in [-0.25, -0.2) is 0 Å². The van der Waals surface area contributed by atoms with E-state index in [0.717, 1.165) is 11.3 Å². The number of fused-ring (bicyclic) bond motifs is 4. The molecule has 3 aliphatic rings. The molecule has 4 atom stereocenters. The third-order valence-corrected chi connectivity index (χ3v) is 7.58. The molecule has 0 unspecified atom stereocenters. The van der Waals surface area contributed by atoms with Crippen LogP contribution in [0.4, 0.5) is 5.69 Å². The van der Waals surface area contributed by atoms with Crippen LogP contribution in [-0.2, 0) is 20.9 Å². The molecule has 3 heterocycles. The topological polar surface area (TPSA) is 120 Å². The predicted molar refractivity (Wildman–Crippen MR) is 144 cm³/mol. The first kappa shape index (κ1) is 27.1. The second kappa shape index (κ2) is 12.1. The highest BCUT2D eigenvalue weighted by Crippen LogP contribution is 2.26.